The highest BCUT2D eigenvalue weighted by atomic mass is 16.6. The van der Waals surface area contributed by atoms with Crippen molar-refractivity contribution in [3.8, 4) is 0 Å². The van der Waals surface area contributed by atoms with Crippen molar-refractivity contribution in [1.82, 2.24) is 9.80 Å². The highest BCUT2D eigenvalue weighted by molar-refractivity contribution is 5.69. The van der Waals surface area contributed by atoms with E-state index in [1.54, 1.807) is 0 Å². The molecule has 0 aromatic rings. The number of unbranched alkanes of at least 4 members (excludes halogenated alkanes) is 27. The first-order valence-electron chi connectivity index (χ1n) is 26.0. The van der Waals surface area contributed by atoms with E-state index in [0.29, 0.717) is 13.0 Å². The highest BCUT2D eigenvalue weighted by Gasteiger charge is 2.16. The second-order valence-corrected chi connectivity index (χ2v) is 17.7. The minimum Gasteiger partial charge on any atom is -0.462 e. The fourth-order valence-corrected chi connectivity index (χ4v) is 8.05. The monoisotopic (exact) mass is 823 g/mol. The molecule has 0 unspecified atom stereocenters. The van der Waals surface area contributed by atoms with Crippen LogP contribution in [0.15, 0.2) is 0 Å². The van der Waals surface area contributed by atoms with Crippen molar-refractivity contribution in [2.24, 2.45) is 0 Å². The van der Waals surface area contributed by atoms with Crippen molar-refractivity contribution in [3.63, 3.8) is 0 Å². The van der Waals surface area contributed by atoms with Crippen molar-refractivity contribution < 1.29 is 24.2 Å². The minimum absolute atomic E-state index is 0.0206. The number of rotatable bonds is 47. The Morgan fingerprint density at radius 1 is 0.431 bits per heavy atom. The zero-order chi connectivity index (χ0) is 42.4. The third kappa shape index (κ3) is 40.1. The van der Waals surface area contributed by atoms with Gasteiger partial charge in [-0.2, -0.15) is 0 Å². The summed E-state index contributed by atoms with van der Waals surface area (Å²) in [6.45, 7) is 14.8. The van der Waals surface area contributed by atoms with Gasteiger partial charge in [-0.1, -0.05) is 182 Å². The predicted molar refractivity (Wildman–Crippen MR) is 250 cm³/mol. The first-order valence-corrected chi connectivity index (χ1v) is 26.0. The summed E-state index contributed by atoms with van der Waals surface area (Å²) in [5.74, 6) is 0.0206. The van der Waals surface area contributed by atoms with Crippen molar-refractivity contribution in [2.45, 2.75) is 271 Å². The van der Waals surface area contributed by atoms with E-state index < -0.39 is 0 Å². The predicted octanol–water partition coefficient (Wildman–Crippen LogP) is 15.1. The standard InChI is InChI=1S/C51H102N2O5/c1-5-9-13-17-22-29-39-49(40-30-23-18-14-10-6-2)58-50(55)41-31-24-27-33-43-52(44-36-37-47-54)42-32-25-20-21-28-38-48-57-51(56)53(45-34-16-12-8-4)46-35-26-19-15-11-7-3/h49,54H,5-48H2,1-4H3. The Morgan fingerprint density at radius 2 is 0.793 bits per heavy atom. The number of esters is 1. The van der Waals surface area contributed by atoms with Gasteiger partial charge in [0.15, 0.2) is 0 Å². The van der Waals surface area contributed by atoms with Gasteiger partial charge in [-0.3, -0.25) is 4.79 Å². The summed E-state index contributed by atoms with van der Waals surface area (Å²) >= 11 is 0. The molecule has 0 aliphatic carbocycles. The molecule has 0 aromatic heterocycles. The fourth-order valence-electron chi connectivity index (χ4n) is 8.05. The highest BCUT2D eigenvalue weighted by Crippen LogP contribution is 2.19. The van der Waals surface area contributed by atoms with E-state index in [2.05, 4.69) is 32.6 Å². The Kier molecular flexibility index (Phi) is 45.6. The van der Waals surface area contributed by atoms with Crippen LogP contribution in [0.1, 0.15) is 265 Å². The number of carbonyl (C=O) groups excluding carboxylic acids is 2. The molecule has 58 heavy (non-hydrogen) atoms. The molecular formula is C51H102N2O5. The normalized spacial score (nSPS) is 11.6. The van der Waals surface area contributed by atoms with E-state index in [0.717, 1.165) is 103 Å². The second-order valence-electron chi connectivity index (χ2n) is 17.7. The molecule has 1 N–H and O–H groups in total. The SMILES string of the molecule is CCCCCCCCC(CCCCCCCC)OC(=O)CCCCCCN(CCCCO)CCCCCCCCOC(=O)N(CCCCCC)CCCCCCCC. The molecule has 346 valence electrons. The van der Waals surface area contributed by atoms with Crippen LogP contribution in [-0.2, 0) is 14.3 Å². The van der Waals surface area contributed by atoms with Crippen molar-refractivity contribution in [3.05, 3.63) is 0 Å². The maximum Gasteiger partial charge on any atom is 0.409 e. The van der Waals surface area contributed by atoms with E-state index in [9.17, 15) is 14.7 Å². The summed E-state index contributed by atoms with van der Waals surface area (Å²) in [5.41, 5.74) is 0. The van der Waals surface area contributed by atoms with Crippen LogP contribution in [0.5, 0.6) is 0 Å². The van der Waals surface area contributed by atoms with Gasteiger partial charge in [0.05, 0.1) is 6.61 Å². The van der Waals surface area contributed by atoms with Gasteiger partial charge in [-0.25, -0.2) is 4.79 Å². The van der Waals surface area contributed by atoms with Crippen LogP contribution in [0.25, 0.3) is 0 Å². The summed E-state index contributed by atoms with van der Waals surface area (Å²) in [7, 11) is 0. The lowest BCUT2D eigenvalue weighted by Crippen LogP contribution is -2.33. The van der Waals surface area contributed by atoms with Gasteiger partial charge in [0.1, 0.15) is 6.10 Å². The Morgan fingerprint density at radius 3 is 1.26 bits per heavy atom. The largest absolute Gasteiger partial charge is 0.462 e. The molecule has 0 heterocycles. The molecule has 0 saturated carbocycles. The van der Waals surface area contributed by atoms with E-state index in [4.69, 9.17) is 9.47 Å². The molecule has 0 aliphatic heterocycles. The fraction of sp³-hybridized carbons (Fsp3) is 0.961. The minimum atomic E-state index is -0.102. The third-order valence-electron chi connectivity index (χ3n) is 12.0. The lowest BCUT2D eigenvalue weighted by atomic mass is 10.0. The quantitative estimate of drug-likeness (QED) is 0.0486. The molecule has 0 aliphatic rings. The first kappa shape index (κ1) is 56.7. The van der Waals surface area contributed by atoms with E-state index in [-0.39, 0.29) is 24.8 Å². The van der Waals surface area contributed by atoms with Gasteiger partial charge in [0.25, 0.3) is 0 Å². The van der Waals surface area contributed by atoms with Gasteiger partial charge in [-0.15, -0.1) is 0 Å². The molecule has 7 heteroatoms. The van der Waals surface area contributed by atoms with Crippen LogP contribution in [0.4, 0.5) is 4.79 Å². The number of hydrogen-bond donors (Lipinski definition) is 1. The molecule has 0 bridgehead atoms. The average Bonchev–Trinajstić information content (AvgIpc) is 3.22. The molecule has 0 rings (SSSR count). The number of hydrogen-bond acceptors (Lipinski definition) is 6. The molecule has 7 nitrogen and oxygen atoms in total. The van der Waals surface area contributed by atoms with Gasteiger partial charge in [0.2, 0.25) is 0 Å². The zero-order valence-corrected chi connectivity index (χ0v) is 39.7. The van der Waals surface area contributed by atoms with Crippen LogP contribution >= 0.6 is 0 Å². The zero-order valence-electron chi connectivity index (χ0n) is 39.7. The van der Waals surface area contributed by atoms with Gasteiger partial charge < -0.3 is 24.4 Å². The van der Waals surface area contributed by atoms with E-state index >= 15 is 0 Å². The molecule has 0 saturated heterocycles. The van der Waals surface area contributed by atoms with E-state index in [1.807, 2.05) is 4.90 Å². The van der Waals surface area contributed by atoms with Crippen molar-refractivity contribution in [2.75, 3.05) is 45.9 Å². The molecule has 0 spiro atoms. The van der Waals surface area contributed by atoms with Crippen molar-refractivity contribution >= 4 is 12.1 Å². The number of carbonyl (C=O) groups is 2. The summed E-state index contributed by atoms with van der Waals surface area (Å²) < 4.78 is 11.8. The lowest BCUT2D eigenvalue weighted by molar-refractivity contribution is -0.150. The van der Waals surface area contributed by atoms with E-state index in [1.165, 1.54) is 161 Å². The maximum atomic E-state index is 12.9. The van der Waals surface area contributed by atoms with Crippen LogP contribution in [0.2, 0.25) is 0 Å². The molecule has 0 atom stereocenters. The molecule has 0 radical (unpaired) electrons. The van der Waals surface area contributed by atoms with Gasteiger partial charge in [0, 0.05) is 26.1 Å². The number of aliphatic hydroxyl groups excluding tert-OH is 1. The van der Waals surface area contributed by atoms with Crippen LogP contribution in [0, 0.1) is 0 Å². The number of ether oxygens (including phenoxy) is 2. The van der Waals surface area contributed by atoms with Crippen LogP contribution in [-0.4, -0.2) is 79.0 Å². The van der Waals surface area contributed by atoms with Gasteiger partial charge in [-0.05, 0) is 96.7 Å². The number of aliphatic hydroxyl groups is 1. The second kappa shape index (κ2) is 46.7. The Bertz CT molecular complexity index is 826. The number of amides is 1. The maximum absolute atomic E-state index is 12.9. The summed E-state index contributed by atoms with van der Waals surface area (Å²) in [6, 6.07) is 0. The average molecular weight is 823 g/mol. The Labute approximate surface area is 362 Å². The molecule has 0 aromatic carbocycles. The number of nitrogens with zero attached hydrogens (tertiary/aromatic N) is 2. The van der Waals surface area contributed by atoms with Crippen LogP contribution < -0.4 is 0 Å². The van der Waals surface area contributed by atoms with Crippen molar-refractivity contribution in [1.29, 1.82) is 0 Å². The Hall–Kier alpha value is -1.34. The summed E-state index contributed by atoms with van der Waals surface area (Å²) in [4.78, 5) is 30.3. The third-order valence-corrected chi connectivity index (χ3v) is 12.0. The molecule has 1 amide bonds. The first-order chi connectivity index (χ1) is 28.5. The topological polar surface area (TPSA) is 79.3 Å². The van der Waals surface area contributed by atoms with Gasteiger partial charge >= 0.3 is 12.1 Å². The molecular weight excluding hydrogens is 721 g/mol. The lowest BCUT2D eigenvalue weighted by Gasteiger charge is -2.22. The molecule has 0 fully saturated rings. The van der Waals surface area contributed by atoms with Crippen LogP contribution in [0.3, 0.4) is 0 Å². The summed E-state index contributed by atoms with van der Waals surface area (Å²) in [5, 5.41) is 9.34. The Balaban J connectivity index is 4.32. The smallest absolute Gasteiger partial charge is 0.409 e. The summed E-state index contributed by atoms with van der Waals surface area (Å²) in [6.07, 6.45) is 43.4.